The second-order valence-electron chi connectivity index (χ2n) is 6.66. The third-order valence-corrected chi connectivity index (χ3v) is 4.62. The number of hydrogen-bond acceptors (Lipinski definition) is 3. The highest BCUT2D eigenvalue weighted by Crippen LogP contribution is 2.44. The average molecular weight is 256 g/mol. The van der Waals surface area contributed by atoms with Gasteiger partial charge in [0, 0.05) is 0 Å². The first-order valence-corrected chi connectivity index (χ1v) is 6.86. The molecule has 3 nitrogen and oxygen atoms in total. The van der Waals surface area contributed by atoms with Gasteiger partial charge in [-0.2, -0.15) is 0 Å². The molecule has 3 N–H and O–H groups in total. The van der Waals surface area contributed by atoms with Crippen LogP contribution in [0.25, 0.3) is 0 Å². The fraction of sp³-hybridized carbons (Fsp3) is 0.867. The van der Waals surface area contributed by atoms with Gasteiger partial charge < -0.3 is 15.3 Å². The van der Waals surface area contributed by atoms with E-state index in [0.29, 0.717) is 18.8 Å². The molecule has 0 aromatic carbocycles. The van der Waals surface area contributed by atoms with Gasteiger partial charge in [-0.1, -0.05) is 19.1 Å². The summed E-state index contributed by atoms with van der Waals surface area (Å²) < 4.78 is 0. The van der Waals surface area contributed by atoms with Gasteiger partial charge in [-0.3, -0.25) is 0 Å². The summed E-state index contributed by atoms with van der Waals surface area (Å²) in [6.45, 7) is 11.3. The summed E-state index contributed by atoms with van der Waals surface area (Å²) in [6, 6.07) is 0. The number of allylic oxidation sites excluding steroid dienone is 1. The third kappa shape index (κ3) is 3.56. The van der Waals surface area contributed by atoms with Gasteiger partial charge in [0.05, 0.1) is 17.3 Å². The van der Waals surface area contributed by atoms with Gasteiger partial charge in [0.1, 0.15) is 0 Å². The third-order valence-electron chi connectivity index (χ3n) is 4.62. The average Bonchev–Trinajstić information content (AvgIpc) is 2.49. The van der Waals surface area contributed by atoms with Gasteiger partial charge >= 0.3 is 0 Å². The summed E-state index contributed by atoms with van der Waals surface area (Å²) in [4.78, 5) is 0. The SMILES string of the molecule is C=C(CC[C@@H](O)C(C)(C)O)[C@H]1CC[C@](C)(O)[C@@H]1C. The lowest BCUT2D eigenvalue weighted by atomic mass is 9.82. The standard InChI is InChI=1S/C15H28O3/c1-10(6-7-13(16)14(3,4)17)12-8-9-15(5,18)11(12)2/h11-13,16-18H,1,6-9H2,2-5H3/t11-,12-,13-,15+/m1/s1. The summed E-state index contributed by atoms with van der Waals surface area (Å²) in [5.74, 6) is 0.540. The Hall–Kier alpha value is -0.380. The zero-order valence-corrected chi connectivity index (χ0v) is 12.1. The van der Waals surface area contributed by atoms with Crippen molar-refractivity contribution in [2.24, 2.45) is 11.8 Å². The number of hydrogen-bond donors (Lipinski definition) is 3. The predicted molar refractivity (Wildman–Crippen MR) is 73.2 cm³/mol. The molecular formula is C15H28O3. The van der Waals surface area contributed by atoms with Crippen molar-refractivity contribution >= 4 is 0 Å². The quantitative estimate of drug-likeness (QED) is 0.661. The van der Waals surface area contributed by atoms with Crippen LogP contribution in [0, 0.1) is 11.8 Å². The first-order valence-electron chi connectivity index (χ1n) is 6.86. The summed E-state index contributed by atoms with van der Waals surface area (Å²) in [5.41, 5.74) is -0.571. The Morgan fingerprint density at radius 2 is 2.06 bits per heavy atom. The molecule has 1 rings (SSSR count). The molecule has 0 unspecified atom stereocenters. The van der Waals surface area contributed by atoms with Crippen LogP contribution in [0.15, 0.2) is 12.2 Å². The van der Waals surface area contributed by atoms with Crippen molar-refractivity contribution in [1.29, 1.82) is 0 Å². The minimum Gasteiger partial charge on any atom is -0.390 e. The topological polar surface area (TPSA) is 60.7 Å². The molecule has 3 heteroatoms. The monoisotopic (exact) mass is 256 g/mol. The maximum absolute atomic E-state index is 10.2. The molecule has 1 saturated carbocycles. The molecule has 0 aromatic heterocycles. The van der Waals surface area contributed by atoms with Crippen LogP contribution in [0.5, 0.6) is 0 Å². The van der Waals surface area contributed by atoms with Gasteiger partial charge in [0.2, 0.25) is 0 Å². The lowest BCUT2D eigenvalue weighted by Gasteiger charge is -2.28. The molecule has 0 heterocycles. The van der Waals surface area contributed by atoms with E-state index in [9.17, 15) is 15.3 Å². The Morgan fingerprint density at radius 1 is 1.50 bits per heavy atom. The summed E-state index contributed by atoms with van der Waals surface area (Å²) in [5, 5.41) is 29.6. The van der Waals surface area contributed by atoms with Crippen molar-refractivity contribution in [2.75, 3.05) is 0 Å². The van der Waals surface area contributed by atoms with Gasteiger partial charge in [-0.25, -0.2) is 0 Å². The van der Waals surface area contributed by atoms with E-state index in [2.05, 4.69) is 13.5 Å². The first kappa shape index (κ1) is 15.7. The van der Waals surface area contributed by atoms with E-state index in [4.69, 9.17) is 0 Å². The van der Waals surface area contributed by atoms with Gasteiger partial charge in [0.25, 0.3) is 0 Å². The Morgan fingerprint density at radius 3 is 2.44 bits per heavy atom. The minimum absolute atomic E-state index is 0.212. The maximum Gasteiger partial charge on any atom is 0.0849 e. The molecule has 1 aliphatic carbocycles. The van der Waals surface area contributed by atoms with Crippen LogP contribution in [0.4, 0.5) is 0 Å². The zero-order valence-electron chi connectivity index (χ0n) is 12.1. The summed E-state index contributed by atoms with van der Waals surface area (Å²) in [7, 11) is 0. The Kier molecular flexibility index (Phi) is 4.63. The van der Waals surface area contributed by atoms with Gasteiger partial charge in [-0.05, 0) is 58.3 Å². The molecule has 1 aliphatic rings. The fourth-order valence-corrected chi connectivity index (χ4v) is 2.78. The second-order valence-corrected chi connectivity index (χ2v) is 6.66. The highest BCUT2D eigenvalue weighted by Gasteiger charge is 2.41. The highest BCUT2D eigenvalue weighted by atomic mass is 16.3. The van der Waals surface area contributed by atoms with Crippen LogP contribution in [0.3, 0.4) is 0 Å². The molecule has 1 fully saturated rings. The molecule has 0 bridgehead atoms. The summed E-state index contributed by atoms with van der Waals surface area (Å²) in [6.07, 6.45) is 2.27. The maximum atomic E-state index is 10.2. The first-order chi connectivity index (χ1) is 8.05. The van der Waals surface area contributed by atoms with Crippen LogP contribution < -0.4 is 0 Å². The van der Waals surface area contributed by atoms with Crippen LogP contribution in [0.1, 0.15) is 53.4 Å². The number of aliphatic hydroxyl groups is 3. The van der Waals surface area contributed by atoms with Crippen LogP contribution in [0.2, 0.25) is 0 Å². The molecule has 0 radical (unpaired) electrons. The largest absolute Gasteiger partial charge is 0.390 e. The lowest BCUT2D eigenvalue weighted by molar-refractivity contribution is -0.0513. The van der Waals surface area contributed by atoms with Crippen molar-refractivity contribution in [1.82, 2.24) is 0 Å². The van der Waals surface area contributed by atoms with E-state index in [0.717, 1.165) is 18.4 Å². The van der Waals surface area contributed by atoms with Crippen molar-refractivity contribution in [3.8, 4) is 0 Å². The molecule has 0 aliphatic heterocycles. The second kappa shape index (κ2) is 5.32. The number of rotatable bonds is 5. The van der Waals surface area contributed by atoms with Crippen LogP contribution in [-0.2, 0) is 0 Å². The Labute approximate surface area is 111 Å². The normalized spacial score (nSPS) is 34.6. The molecule has 0 amide bonds. The minimum atomic E-state index is -1.06. The molecule has 0 spiro atoms. The molecular weight excluding hydrogens is 228 g/mol. The molecule has 18 heavy (non-hydrogen) atoms. The van der Waals surface area contributed by atoms with Gasteiger partial charge in [-0.15, -0.1) is 0 Å². The highest BCUT2D eigenvalue weighted by molar-refractivity contribution is 5.09. The Bertz CT molecular complexity index is 301. The fourth-order valence-electron chi connectivity index (χ4n) is 2.78. The van der Waals surface area contributed by atoms with E-state index >= 15 is 0 Å². The van der Waals surface area contributed by atoms with Crippen molar-refractivity contribution in [2.45, 2.75) is 70.7 Å². The van der Waals surface area contributed by atoms with Crippen molar-refractivity contribution in [3.05, 3.63) is 12.2 Å². The molecule has 0 saturated heterocycles. The van der Waals surface area contributed by atoms with E-state index in [1.807, 2.05) is 6.92 Å². The van der Waals surface area contributed by atoms with E-state index in [1.54, 1.807) is 13.8 Å². The van der Waals surface area contributed by atoms with E-state index < -0.39 is 17.3 Å². The van der Waals surface area contributed by atoms with Gasteiger partial charge in [0.15, 0.2) is 0 Å². The zero-order chi connectivity index (χ0) is 14.1. The summed E-state index contributed by atoms with van der Waals surface area (Å²) >= 11 is 0. The van der Waals surface area contributed by atoms with Crippen molar-refractivity contribution < 1.29 is 15.3 Å². The molecule has 4 atom stereocenters. The van der Waals surface area contributed by atoms with E-state index in [1.165, 1.54) is 0 Å². The molecule has 106 valence electrons. The smallest absolute Gasteiger partial charge is 0.0849 e. The lowest BCUT2D eigenvalue weighted by Crippen LogP contribution is -2.36. The van der Waals surface area contributed by atoms with Crippen molar-refractivity contribution in [3.63, 3.8) is 0 Å². The number of aliphatic hydroxyl groups excluding tert-OH is 1. The predicted octanol–water partition coefficient (Wildman–Crippen LogP) is 2.25. The van der Waals surface area contributed by atoms with E-state index in [-0.39, 0.29) is 5.92 Å². The van der Waals surface area contributed by atoms with Crippen LogP contribution >= 0.6 is 0 Å². The Balaban J connectivity index is 2.48. The van der Waals surface area contributed by atoms with Crippen LogP contribution in [-0.4, -0.2) is 32.6 Å². The molecule has 0 aromatic rings.